The average molecular weight is 280 g/mol. The standard InChI is InChI=1S/C13H16N2O3S/c1-15(8-12(17)18-2)11(16)7-9-3-5-10(6-4-9)13(14)19/h3-6H,7-8H2,1-2H3,(H2,14,19). The molecule has 1 aromatic rings. The van der Waals surface area contributed by atoms with Gasteiger partial charge in [-0.2, -0.15) is 0 Å². The summed E-state index contributed by atoms with van der Waals surface area (Å²) >= 11 is 4.85. The highest BCUT2D eigenvalue weighted by atomic mass is 32.1. The minimum atomic E-state index is -0.445. The number of benzene rings is 1. The van der Waals surface area contributed by atoms with Crippen LogP contribution in [0.4, 0.5) is 0 Å². The van der Waals surface area contributed by atoms with Crippen molar-refractivity contribution in [3.8, 4) is 0 Å². The summed E-state index contributed by atoms with van der Waals surface area (Å²) in [5, 5.41) is 0. The first kappa shape index (κ1) is 15.1. The lowest BCUT2D eigenvalue weighted by atomic mass is 10.1. The molecule has 0 spiro atoms. The van der Waals surface area contributed by atoms with Crippen LogP contribution in [0.25, 0.3) is 0 Å². The van der Waals surface area contributed by atoms with Gasteiger partial charge in [-0.1, -0.05) is 36.5 Å². The van der Waals surface area contributed by atoms with E-state index in [2.05, 4.69) is 4.74 Å². The molecule has 0 saturated heterocycles. The van der Waals surface area contributed by atoms with Crippen molar-refractivity contribution in [2.24, 2.45) is 5.73 Å². The minimum Gasteiger partial charge on any atom is -0.468 e. The average Bonchev–Trinajstić information content (AvgIpc) is 2.38. The maximum atomic E-state index is 11.9. The summed E-state index contributed by atoms with van der Waals surface area (Å²) in [6.07, 6.45) is 0.213. The third-order valence-electron chi connectivity index (χ3n) is 2.61. The highest BCUT2D eigenvalue weighted by Crippen LogP contribution is 2.06. The van der Waals surface area contributed by atoms with Gasteiger partial charge < -0.3 is 15.4 Å². The van der Waals surface area contributed by atoms with E-state index < -0.39 is 5.97 Å². The van der Waals surface area contributed by atoms with Gasteiger partial charge in [-0.25, -0.2) is 0 Å². The molecule has 1 amide bonds. The monoisotopic (exact) mass is 280 g/mol. The van der Waals surface area contributed by atoms with E-state index in [-0.39, 0.29) is 18.9 Å². The van der Waals surface area contributed by atoms with Crippen LogP contribution in [0.1, 0.15) is 11.1 Å². The van der Waals surface area contributed by atoms with Crippen LogP contribution in [0, 0.1) is 0 Å². The molecule has 0 aliphatic rings. The molecule has 0 aliphatic carbocycles. The van der Waals surface area contributed by atoms with E-state index in [0.29, 0.717) is 4.99 Å². The summed E-state index contributed by atoms with van der Waals surface area (Å²) in [4.78, 5) is 24.6. The lowest BCUT2D eigenvalue weighted by Gasteiger charge is -2.15. The van der Waals surface area contributed by atoms with E-state index >= 15 is 0 Å². The van der Waals surface area contributed by atoms with Gasteiger partial charge in [-0.3, -0.25) is 9.59 Å². The molecule has 0 fully saturated rings. The van der Waals surface area contributed by atoms with Crippen LogP contribution >= 0.6 is 12.2 Å². The van der Waals surface area contributed by atoms with Crippen LogP contribution in [0.15, 0.2) is 24.3 Å². The third-order valence-corrected chi connectivity index (χ3v) is 2.85. The molecule has 0 bridgehead atoms. The van der Waals surface area contributed by atoms with Crippen LogP contribution in [-0.2, 0) is 20.7 Å². The Morgan fingerprint density at radius 3 is 2.37 bits per heavy atom. The first-order chi connectivity index (χ1) is 8.93. The first-order valence-electron chi connectivity index (χ1n) is 5.63. The summed E-state index contributed by atoms with van der Waals surface area (Å²) < 4.78 is 4.50. The molecule has 0 aliphatic heterocycles. The van der Waals surface area contributed by atoms with Gasteiger partial charge in [0.1, 0.15) is 11.5 Å². The lowest BCUT2D eigenvalue weighted by Crippen LogP contribution is -2.33. The number of methoxy groups -OCH3 is 1. The summed E-state index contributed by atoms with van der Waals surface area (Å²) in [5.41, 5.74) is 7.08. The SMILES string of the molecule is COC(=O)CN(C)C(=O)Cc1ccc(C(N)=S)cc1. The number of nitrogens with two attached hydrogens (primary N) is 1. The Morgan fingerprint density at radius 1 is 1.32 bits per heavy atom. The molecule has 1 aromatic carbocycles. The molecule has 1 rings (SSSR count). The minimum absolute atomic E-state index is 0.0553. The van der Waals surface area contributed by atoms with E-state index in [1.54, 1.807) is 31.3 Å². The maximum Gasteiger partial charge on any atom is 0.325 e. The fraction of sp³-hybridized carbons (Fsp3) is 0.308. The molecule has 0 unspecified atom stereocenters. The zero-order chi connectivity index (χ0) is 14.4. The van der Waals surface area contributed by atoms with Crippen molar-refractivity contribution >= 4 is 29.1 Å². The lowest BCUT2D eigenvalue weighted by molar-refractivity contribution is -0.145. The van der Waals surface area contributed by atoms with Crippen LogP contribution in [0.2, 0.25) is 0 Å². The Morgan fingerprint density at radius 2 is 1.89 bits per heavy atom. The van der Waals surface area contributed by atoms with Crippen molar-refractivity contribution in [1.29, 1.82) is 0 Å². The topological polar surface area (TPSA) is 72.6 Å². The molecule has 0 aromatic heterocycles. The third kappa shape index (κ3) is 4.67. The summed E-state index contributed by atoms with van der Waals surface area (Å²) in [6.45, 7) is -0.0553. The molecule has 102 valence electrons. The van der Waals surface area contributed by atoms with Gasteiger partial charge in [-0.15, -0.1) is 0 Å². The highest BCUT2D eigenvalue weighted by molar-refractivity contribution is 7.80. The maximum absolute atomic E-state index is 11.9. The van der Waals surface area contributed by atoms with Crippen molar-refractivity contribution in [2.75, 3.05) is 20.7 Å². The summed E-state index contributed by atoms with van der Waals surface area (Å²) in [7, 11) is 2.84. The fourth-order valence-electron chi connectivity index (χ4n) is 1.44. The zero-order valence-electron chi connectivity index (χ0n) is 10.9. The molecule has 0 atom stereocenters. The normalized spacial score (nSPS) is 9.79. The Kier molecular flexibility index (Phi) is 5.44. The second kappa shape index (κ2) is 6.84. The molecule has 6 heteroatoms. The van der Waals surface area contributed by atoms with Crippen LogP contribution in [-0.4, -0.2) is 42.5 Å². The summed E-state index contributed by atoms with van der Waals surface area (Å²) in [6, 6.07) is 7.12. The highest BCUT2D eigenvalue weighted by Gasteiger charge is 2.13. The number of esters is 1. The summed E-state index contributed by atoms with van der Waals surface area (Å²) in [5.74, 6) is -0.604. The zero-order valence-corrected chi connectivity index (χ0v) is 11.7. The largest absolute Gasteiger partial charge is 0.468 e. The van der Waals surface area contributed by atoms with Crippen molar-refractivity contribution in [3.05, 3.63) is 35.4 Å². The number of likely N-dealkylation sites (N-methyl/N-ethyl adjacent to an activating group) is 1. The number of rotatable bonds is 5. The van der Waals surface area contributed by atoms with E-state index in [9.17, 15) is 9.59 Å². The molecular formula is C13H16N2O3S. The Hall–Kier alpha value is -1.95. The Bertz CT molecular complexity index is 485. The second-order valence-corrected chi connectivity index (χ2v) is 4.50. The van der Waals surface area contributed by atoms with Gasteiger partial charge in [0.15, 0.2) is 0 Å². The van der Waals surface area contributed by atoms with Gasteiger partial charge in [0.2, 0.25) is 5.91 Å². The molecular weight excluding hydrogens is 264 g/mol. The molecule has 0 radical (unpaired) electrons. The smallest absolute Gasteiger partial charge is 0.325 e. The molecule has 5 nitrogen and oxygen atoms in total. The van der Waals surface area contributed by atoms with Gasteiger partial charge in [0.05, 0.1) is 13.5 Å². The van der Waals surface area contributed by atoms with Crippen LogP contribution < -0.4 is 5.73 Å². The van der Waals surface area contributed by atoms with Crippen molar-refractivity contribution in [3.63, 3.8) is 0 Å². The quantitative estimate of drug-likeness (QED) is 0.628. The number of carbonyl (C=O) groups is 2. The molecule has 0 saturated carbocycles. The number of ether oxygens (including phenoxy) is 1. The van der Waals surface area contributed by atoms with Crippen molar-refractivity contribution in [2.45, 2.75) is 6.42 Å². The predicted octanol–water partition coefficient (Wildman–Crippen LogP) is 0.495. The van der Waals surface area contributed by atoms with Gasteiger partial charge in [0.25, 0.3) is 0 Å². The van der Waals surface area contributed by atoms with Crippen molar-refractivity contribution in [1.82, 2.24) is 4.90 Å². The van der Waals surface area contributed by atoms with Crippen molar-refractivity contribution < 1.29 is 14.3 Å². The van der Waals surface area contributed by atoms with Gasteiger partial charge in [0, 0.05) is 12.6 Å². The van der Waals surface area contributed by atoms with E-state index in [4.69, 9.17) is 18.0 Å². The Balaban J connectivity index is 2.61. The second-order valence-electron chi connectivity index (χ2n) is 4.06. The number of thiocarbonyl (C=S) groups is 1. The number of hydrogen-bond donors (Lipinski definition) is 1. The van der Waals surface area contributed by atoms with E-state index in [1.807, 2.05) is 0 Å². The van der Waals surface area contributed by atoms with Gasteiger partial charge in [-0.05, 0) is 5.56 Å². The number of hydrogen-bond acceptors (Lipinski definition) is 4. The predicted molar refractivity (Wildman–Crippen MR) is 75.7 cm³/mol. The van der Waals surface area contributed by atoms with Gasteiger partial charge >= 0.3 is 5.97 Å². The first-order valence-corrected chi connectivity index (χ1v) is 6.04. The van der Waals surface area contributed by atoms with E-state index in [1.165, 1.54) is 12.0 Å². The Labute approximate surface area is 117 Å². The number of nitrogens with zero attached hydrogens (tertiary/aromatic N) is 1. The number of carbonyl (C=O) groups excluding carboxylic acids is 2. The van der Waals surface area contributed by atoms with Crippen LogP contribution in [0.3, 0.4) is 0 Å². The number of amides is 1. The van der Waals surface area contributed by atoms with Crippen LogP contribution in [0.5, 0.6) is 0 Å². The molecule has 0 heterocycles. The molecule has 19 heavy (non-hydrogen) atoms. The van der Waals surface area contributed by atoms with E-state index in [0.717, 1.165) is 11.1 Å². The fourth-order valence-corrected chi connectivity index (χ4v) is 1.58. The molecule has 2 N–H and O–H groups in total.